The fourth-order valence-corrected chi connectivity index (χ4v) is 3.10. The van der Waals surface area contributed by atoms with E-state index in [9.17, 15) is 9.59 Å². The quantitative estimate of drug-likeness (QED) is 0.507. The van der Waals surface area contributed by atoms with Crippen molar-refractivity contribution >= 4 is 23.6 Å². The molecule has 0 fully saturated rings. The topological polar surface area (TPSA) is 73.9 Å². The Kier molecular flexibility index (Phi) is 8.04. The van der Waals surface area contributed by atoms with Gasteiger partial charge in [-0.2, -0.15) is 0 Å². The number of esters is 1. The summed E-state index contributed by atoms with van der Waals surface area (Å²) in [4.78, 5) is 24.6. The molecule has 0 aliphatic heterocycles. The van der Waals surface area contributed by atoms with Gasteiger partial charge in [0.15, 0.2) is 17.6 Å². The van der Waals surface area contributed by atoms with Crippen molar-refractivity contribution in [1.29, 1.82) is 0 Å². The Hall–Kier alpha value is -3.28. The Morgan fingerprint density at radius 3 is 2.33 bits per heavy atom. The Bertz CT molecular complexity index is 926. The fourth-order valence-electron chi connectivity index (χ4n) is 3.10. The third-order valence-electron chi connectivity index (χ3n) is 4.49. The van der Waals surface area contributed by atoms with Crippen LogP contribution in [-0.2, 0) is 14.3 Å². The lowest BCUT2D eigenvalue weighted by Crippen LogP contribution is -2.30. The molecule has 2 rings (SSSR count). The van der Waals surface area contributed by atoms with Crippen molar-refractivity contribution in [3.8, 4) is 11.5 Å². The maximum Gasteiger partial charge on any atom is 0.331 e. The molecule has 0 radical (unpaired) electrons. The van der Waals surface area contributed by atoms with E-state index in [1.807, 2.05) is 39.8 Å². The number of nitrogens with one attached hydrogen (secondary N) is 1. The summed E-state index contributed by atoms with van der Waals surface area (Å²) in [5, 5.41) is 2.85. The van der Waals surface area contributed by atoms with E-state index >= 15 is 0 Å². The lowest BCUT2D eigenvalue weighted by atomic mass is 10.0. The van der Waals surface area contributed by atoms with E-state index in [2.05, 4.69) is 5.32 Å². The summed E-state index contributed by atoms with van der Waals surface area (Å²) in [6.45, 7) is 9.82. The van der Waals surface area contributed by atoms with Gasteiger partial charge in [0.05, 0.1) is 13.7 Å². The summed E-state index contributed by atoms with van der Waals surface area (Å²) in [5.41, 5.74) is 4.53. The number of rotatable bonds is 8. The summed E-state index contributed by atoms with van der Waals surface area (Å²) in [7, 11) is 1.55. The number of ether oxygens (including phenoxy) is 3. The van der Waals surface area contributed by atoms with Gasteiger partial charge in [0.2, 0.25) is 0 Å². The zero-order valence-electron chi connectivity index (χ0n) is 18.4. The summed E-state index contributed by atoms with van der Waals surface area (Å²) in [6, 6.07) is 9.32. The van der Waals surface area contributed by atoms with Crippen LogP contribution < -0.4 is 14.8 Å². The number of anilines is 1. The summed E-state index contributed by atoms with van der Waals surface area (Å²) < 4.78 is 16.0. The van der Waals surface area contributed by atoms with Crippen LogP contribution in [0.1, 0.15) is 36.1 Å². The zero-order chi connectivity index (χ0) is 22.3. The molecular weight excluding hydrogens is 382 g/mol. The first-order chi connectivity index (χ1) is 14.2. The van der Waals surface area contributed by atoms with Gasteiger partial charge in [0, 0.05) is 11.8 Å². The Morgan fingerprint density at radius 2 is 1.73 bits per heavy atom. The molecular formula is C24H29NO5. The predicted molar refractivity (Wildman–Crippen MR) is 118 cm³/mol. The van der Waals surface area contributed by atoms with Gasteiger partial charge >= 0.3 is 5.97 Å². The summed E-state index contributed by atoms with van der Waals surface area (Å²) in [5.74, 6) is 0.216. The molecule has 0 saturated heterocycles. The molecule has 30 heavy (non-hydrogen) atoms. The first kappa shape index (κ1) is 23.0. The molecule has 0 saturated carbocycles. The average molecular weight is 411 g/mol. The highest BCUT2D eigenvalue weighted by Gasteiger charge is 2.18. The molecule has 0 heterocycles. The lowest BCUT2D eigenvalue weighted by Gasteiger charge is -2.16. The molecule has 160 valence electrons. The molecule has 1 atom stereocenters. The van der Waals surface area contributed by atoms with Gasteiger partial charge in [0.1, 0.15) is 0 Å². The highest BCUT2D eigenvalue weighted by Crippen LogP contribution is 2.28. The number of benzene rings is 2. The number of hydrogen-bond donors (Lipinski definition) is 1. The van der Waals surface area contributed by atoms with E-state index in [1.54, 1.807) is 38.3 Å². The first-order valence-electron chi connectivity index (χ1n) is 9.83. The predicted octanol–water partition coefficient (Wildman–Crippen LogP) is 4.60. The third-order valence-corrected chi connectivity index (χ3v) is 4.49. The largest absolute Gasteiger partial charge is 0.493 e. The van der Waals surface area contributed by atoms with Gasteiger partial charge in [-0.25, -0.2) is 4.79 Å². The van der Waals surface area contributed by atoms with E-state index < -0.39 is 12.1 Å². The standard InChI is InChI=1S/C24H29NO5/c1-7-29-20-10-8-19(14-21(20)28-6)9-11-22(26)30-18(5)24(27)25-23-16(3)12-15(2)13-17(23)4/h8-14,18H,7H2,1-6H3,(H,25,27)/b11-9+/t18-/m0/s1. The highest BCUT2D eigenvalue weighted by molar-refractivity contribution is 5.97. The molecule has 1 amide bonds. The van der Waals surface area contributed by atoms with Gasteiger partial charge in [-0.1, -0.05) is 23.8 Å². The maximum absolute atomic E-state index is 12.5. The second-order valence-electron chi connectivity index (χ2n) is 7.02. The van der Waals surface area contributed by atoms with Crippen LogP contribution >= 0.6 is 0 Å². The van der Waals surface area contributed by atoms with Crippen LogP contribution in [0.3, 0.4) is 0 Å². The molecule has 1 N–H and O–H groups in total. The Morgan fingerprint density at radius 1 is 1.07 bits per heavy atom. The van der Waals surface area contributed by atoms with E-state index in [0.29, 0.717) is 18.1 Å². The van der Waals surface area contributed by atoms with Gasteiger partial charge in [-0.3, -0.25) is 4.79 Å². The van der Waals surface area contributed by atoms with Crippen molar-refractivity contribution in [3.63, 3.8) is 0 Å². The van der Waals surface area contributed by atoms with Gasteiger partial charge in [-0.05, 0) is 69.5 Å². The Balaban J connectivity index is 1.99. The van der Waals surface area contributed by atoms with Gasteiger partial charge < -0.3 is 19.5 Å². The normalized spacial score (nSPS) is 11.8. The van der Waals surface area contributed by atoms with Crippen molar-refractivity contribution < 1.29 is 23.8 Å². The molecule has 6 heteroatoms. The monoisotopic (exact) mass is 411 g/mol. The minimum absolute atomic E-state index is 0.380. The number of carbonyl (C=O) groups is 2. The van der Waals surface area contributed by atoms with Crippen LogP contribution in [0.15, 0.2) is 36.4 Å². The van der Waals surface area contributed by atoms with Crippen LogP contribution in [0.25, 0.3) is 6.08 Å². The summed E-state index contributed by atoms with van der Waals surface area (Å²) >= 11 is 0. The smallest absolute Gasteiger partial charge is 0.331 e. The molecule has 0 bridgehead atoms. The minimum atomic E-state index is -0.933. The molecule has 2 aromatic rings. The number of hydrogen-bond acceptors (Lipinski definition) is 5. The zero-order valence-corrected chi connectivity index (χ0v) is 18.4. The van der Waals surface area contributed by atoms with Crippen molar-refractivity contribution in [1.82, 2.24) is 0 Å². The average Bonchev–Trinajstić information content (AvgIpc) is 2.69. The number of amides is 1. The third kappa shape index (κ3) is 6.11. The molecule has 0 unspecified atom stereocenters. The van der Waals surface area contributed by atoms with Crippen molar-refractivity contribution in [2.24, 2.45) is 0 Å². The first-order valence-corrected chi connectivity index (χ1v) is 9.83. The molecule has 2 aromatic carbocycles. The number of methoxy groups -OCH3 is 1. The minimum Gasteiger partial charge on any atom is -0.493 e. The molecule has 0 aliphatic rings. The second kappa shape index (κ2) is 10.5. The molecule has 0 aromatic heterocycles. The van der Waals surface area contributed by atoms with Crippen LogP contribution in [0.5, 0.6) is 11.5 Å². The Labute approximate surface area is 177 Å². The van der Waals surface area contributed by atoms with Crippen molar-refractivity contribution in [2.45, 2.75) is 40.7 Å². The van der Waals surface area contributed by atoms with E-state index in [1.165, 1.54) is 6.08 Å². The molecule has 6 nitrogen and oxygen atoms in total. The molecule has 0 aliphatic carbocycles. The SMILES string of the molecule is CCOc1ccc(/C=C/C(=O)O[C@@H](C)C(=O)Nc2c(C)cc(C)cc2C)cc1OC. The van der Waals surface area contributed by atoms with E-state index in [-0.39, 0.29) is 5.91 Å². The highest BCUT2D eigenvalue weighted by atomic mass is 16.5. The van der Waals surface area contributed by atoms with Gasteiger partial charge in [0.25, 0.3) is 5.91 Å². The maximum atomic E-state index is 12.5. The van der Waals surface area contributed by atoms with Crippen LogP contribution in [-0.4, -0.2) is 31.7 Å². The van der Waals surface area contributed by atoms with Crippen LogP contribution in [0.2, 0.25) is 0 Å². The van der Waals surface area contributed by atoms with Crippen molar-refractivity contribution in [2.75, 3.05) is 19.0 Å². The number of carbonyl (C=O) groups excluding carboxylic acids is 2. The molecule has 0 spiro atoms. The van der Waals surface area contributed by atoms with Gasteiger partial charge in [-0.15, -0.1) is 0 Å². The van der Waals surface area contributed by atoms with E-state index in [0.717, 1.165) is 27.9 Å². The number of aryl methyl sites for hydroxylation is 3. The summed E-state index contributed by atoms with van der Waals surface area (Å²) in [6.07, 6.45) is 1.94. The fraction of sp³-hybridized carbons (Fsp3) is 0.333. The lowest BCUT2D eigenvalue weighted by molar-refractivity contribution is -0.148. The second-order valence-corrected chi connectivity index (χ2v) is 7.02. The van der Waals surface area contributed by atoms with E-state index in [4.69, 9.17) is 14.2 Å². The van der Waals surface area contributed by atoms with Crippen molar-refractivity contribution in [3.05, 3.63) is 58.7 Å². The van der Waals surface area contributed by atoms with Crippen LogP contribution in [0, 0.1) is 20.8 Å². The van der Waals surface area contributed by atoms with Crippen LogP contribution in [0.4, 0.5) is 5.69 Å².